The Morgan fingerprint density at radius 1 is 1.22 bits per heavy atom. The molecule has 94 valence electrons. The topological polar surface area (TPSA) is 46.5 Å². The molecule has 1 N–H and O–H groups in total. The first kappa shape index (κ1) is 13.8. The van der Waals surface area contributed by atoms with E-state index in [1.807, 2.05) is 19.1 Å². The highest BCUT2D eigenvalue weighted by atomic mass is 16.5. The molecule has 0 spiro atoms. The average molecular weight is 244 g/mol. The fraction of sp³-hybridized carbons (Fsp3) is 0.133. The van der Waals surface area contributed by atoms with Crippen molar-refractivity contribution >= 4 is 22.8 Å². The molecule has 0 aliphatic heterocycles. The standard InChI is InChI=1S/C14H14O.CH2O2/c1-10(2)11-4-5-13-9-14(15-3)7-6-12(13)8-11;2-1-3/h4-9H,1H2,2-3H3;1H,(H,2,3). The molecular formula is C15H16O3. The number of benzene rings is 2. The van der Waals surface area contributed by atoms with E-state index >= 15 is 0 Å². The van der Waals surface area contributed by atoms with E-state index in [2.05, 4.69) is 30.8 Å². The van der Waals surface area contributed by atoms with E-state index in [0.717, 1.165) is 11.3 Å². The molecule has 0 heterocycles. The van der Waals surface area contributed by atoms with Crippen LogP contribution >= 0.6 is 0 Å². The van der Waals surface area contributed by atoms with Crippen molar-refractivity contribution in [2.45, 2.75) is 6.92 Å². The lowest BCUT2D eigenvalue weighted by Crippen LogP contribution is -1.83. The van der Waals surface area contributed by atoms with Crippen LogP contribution in [0, 0.1) is 0 Å². The molecule has 0 aromatic heterocycles. The van der Waals surface area contributed by atoms with Crippen molar-refractivity contribution < 1.29 is 14.6 Å². The maximum Gasteiger partial charge on any atom is 0.290 e. The molecule has 0 aliphatic rings. The molecule has 2 rings (SSSR count). The number of rotatable bonds is 2. The molecule has 0 amide bonds. The number of carbonyl (C=O) groups is 1. The molecule has 0 fully saturated rings. The Labute approximate surface area is 106 Å². The SMILES string of the molecule is C=C(C)c1ccc2cc(OC)ccc2c1.O=CO. The molecule has 18 heavy (non-hydrogen) atoms. The van der Waals surface area contributed by atoms with Gasteiger partial charge in [-0.05, 0) is 41.5 Å². The lowest BCUT2D eigenvalue weighted by molar-refractivity contribution is -0.122. The van der Waals surface area contributed by atoms with E-state index in [1.165, 1.54) is 16.3 Å². The molecule has 0 saturated heterocycles. The van der Waals surface area contributed by atoms with Crippen LogP contribution in [0.2, 0.25) is 0 Å². The van der Waals surface area contributed by atoms with Gasteiger partial charge < -0.3 is 9.84 Å². The van der Waals surface area contributed by atoms with E-state index in [4.69, 9.17) is 14.6 Å². The maximum atomic E-state index is 8.36. The monoisotopic (exact) mass is 244 g/mol. The zero-order chi connectivity index (χ0) is 13.5. The second-order valence-electron chi connectivity index (χ2n) is 3.81. The Bertz CT molecular complexity index is 559. The largest absolute Gasteiger partial charge is 0.497 e. The van der Waals surface area contributed by atoms with E-state index in [9.17, 15) is 0 Å². The minimum absolute atomic E-state index is 0.250. The van der Waals surface area contributed by atoms with Gasteiger partial charge in [-0.1, -0.05) is 30.4 Å². The minimum Gasteiger partial charge on any atom is -0.497 e. The van der Waals surface area contributed by atoms with Gasteiger partial charge in [-0.25, -0.2) is 0 Å². The van der Waals surface area contributed by atoms with Gasteiger partial charge in [0.2, 0.25) is 0 Å². The first-order valence-electron chi connectivity index (χ1n) is 5.44. The first-order valence-corrected chi connectivity index (χ1v) is 5.44. The second-order valence-corrected chi connectivity index (χ2v) is 3.81. The van der Waals surface area contributed by atoms with Crippen LogP contribution in [-0.4, -0.2) is 18.7 Å². The van der Waals surface area contributed by atoms with Crippen molar-refractivity contribution in [3.8, 4) is 5.75 Å². The second kappa shape index (κ2) is 6.45. The Morgan fingerprint density at radius 3 is 2.33 bits per heavy atom. The molecule has 0 bridgehead atoms. The fourth-order valence-corrected chi connectivity index (χ4v) is 1.62. The lowest BCUT2D eigenvalue weighted by Gasteiger charge is -2.05. The average Bonchev–Trinajstić information content (AvgIpc) is 2.38. The third-order valence-electron chi connectivity index (χ3n) is 2.54. The summed E-state index contributed by atoms with van der Waals surface area (Å²) in [6, 6.07) is 12.4. The zero-order valence-electron chi connectivity index (χ0n) is 10.5. The molecule has 0 unspecified atom stereocenters. The van der Waals surface area contributed by atoms with E-state index < -0.39 is 0 Å². The normalized spacial score (nSPS) is 9.22. The van der Waals surface area contributed by atoms with Gasteiger partial charge in [-0.3, -0.25) is 4.79 Å². The van der Waals surface area contributed by atoms with E-state index in [-0.39, 0.29) is 6.47 Å². The summed E-state index contributed by atoms with van der Waals surface area (Å²) >= 11 is 0. The Morgan fingerprint density at radius 2 is 1.78 bits per heavy atom. The lowest BCUT2D eigenvalue weighted by atomic mass is 10.0. The number of carboxylic acid groups (broad SMARTS) is 1. The van der Waals surface area contributed by atoms with Crippen molar-refractivity contribution in [1.29, 1.82) is 0 Å². The zero-order valence-corrected chi connectivity index (χ0v) is 10.5. The molecule has 0 atom stereocenters. The van der Waals surface area contributed by atoms with Crippen molar-refractivity contribution in [1.82, 2.24) is 0 Å². The molecule has 0 saturated carbocycles. The third-order valence-corrected chi connectivity index (χ3v) is 2.54. The molecule has 0 aliphatic carbocycles. The van der Waals surface area contributed by atoms with Crippen LogP contribution in [0.5, 0.6) is 5.75 Å². The summed E-state index contributed by atoms with van der Waals surface area (Å²) in [6.45, 7) is 5.71. The molecule has 2 aromatic carbocycles. The van der Waals surface area contributed by atoms with Gasteiger partial charge in [-0.15, -0.1) is 0 Å². The van der Waals surface area contributed by atoms with Gasteiger partial charge >= 0.3 is 0 Å². The quantitative estimate of drug-likeness (QED) is 0.821. The predicted molar refractivity (Wildman–Crippen MR) is 73.9 cm³/mol. The van der Waals surface area contributed by atoms with Gasteiger partial charge in [0.05, 0.1) is 7.11 Å². The van der Waals surface area contributed by atoms with Crippen LogP contribution in [0.15, 0.2) is 43.0 Å². The van der Waals surface area contributed by atoms with Gasteiger partial charge in [0.25, 0.3) is 6.47 Å². The number of hydrogen-bond acceptors (Lipinski definition) is 2. The van der Waals surface area contributed by atoms with Crippen LogP contribution in [-0.2, 0) is 4.79 Å². The number of hydrogen-bond donors (Lipinski definition) is 1. The van der Waals surface area contributed by atoms with Crippen molar-refractivity contribution in [3.05, 3.63) is 48.5 Å². The summed E-state index contributed by atoms with van der Waals surface area (Å²) in [6.07, 6.45) is 0. The van der Waals surface area contributed by atoms with Gasteiger partial charge in [-0.2, -0.15) is 0 Å². The molecular weight excluding hydrogens is 228 g/mol. The number of ether oxygens (including phenoxy) is 1. The van der Waals surface area contributed by atoms with Gasteiger partial charge in [0, 0.05) is 0 Å². The summed E-state index contributed by atoms with van der Waals surface area (Å²) in [5, 5.41) is 9.30. The molecule has 3 heteroatoms. The van der Waals surface area contributed by atoms with Crippen LogP contribution in [0.3, 0.4) is 0 Å². The number of fused-ring (bicyclic) bond motifs is 1. The minimum atomic E-state index is -0.250. The number of methoxy groups -OCH3 is 1. The highest BCUT2D eigenvalue weighted by Gasteiger charge is 1.98. The summed E-state index contributed by atoms with van der Waals surface area (Å²) in [5.41, 5.74) is 2.28. The van der Waals surface area contributed by atoms with Crippen LogP contribution in [0.25, 0.3) is 16.3 Å². The Kier molecular flexibility index (Phi) is 4.93. The summed E-state index contributed by atoms with van der Waals surface area (Å²) < 4.78 is 5.18. The first-order chi connectivity index (χ1) is 8.62. The fourth-order valence-electron chi connectivity index (χ4n) is 1.62. The summed E-state index contributed by atoms with van der Waals surface area (Å²) in [5.74, 6) is 0.894. The Hall–Kier alpha value is -2.29. The van der Waals surface area contributed by atoms with E-state index in [1.54, 1.807) is 7.11 Å². The van der Waals surface area contributed by atoms with E-state index in [0.29, 0.717) is 0 Å². The van der Waals surface area contributed by atoms with Crippen molar-refractivity contribution in [3.63, 3.8) is 0 Å². The summed E-state index contributed by atoms with van der Waals surface area (Å²) in [7, 11) is 1.68. The summed E-state index contributed by atoms with van der Waals surface area (Å²) in [4.78, 5) is 8.36. The highest BCUT2D eigenvalue weighted by molar-refractivity contribution is 5.87. The van der Waals surface area contributed by atoms with Crippen molar-refractivity contribution in [2.24, 2.45) is 0 Å². The molecule has 3 nitrogen and oxygen atoms in total. The highest BCUT2D eigenvalue weighted by Crippen LogP contribution is 2.23. The van der Waals surface area contributed by atoms with Crippen molar-refractivity contribution in [2.75, 3.05) is 7.11 Å². The molecule has 2 aromatic rings. The molecule has 0 radical (unpaired) electrons. The number of allylic oxidation sites excluding steroid dienone is 1. The van der Waals surface area contributed by atoms with Crippen LogP contribution in [0.4, 0.5) is 0 Å². The van der Waals surface area contributed by atoms with Crippen LogP contribution in [0.1, 0.15) is 12.5 Å². The van der Waals surface area contributed by atoms with Crippen LogP contribution < -0.4 is 4.74 Å². The maximum absolute atomic E-state index is 8.36. The third kappa shape index (κ3) is 3.35. The Balaban J connectivity index is 0.000000492. The van der Waals surface area contributed by atoms with Gasteiger partial charge in [0.15, 0.2) is 0 Å². The van der Waals surface area contributed by atoms with Gasteiger partial charge in [0.1, 0.15) is 5.75 Å². The predicted octanol–water partition coefficient (Wildman–Crippen LogP) is 3.58. The smallest absolute Gasteiger partial charge is 0.290 e.